The van der Waals surface area contributed by atoms with Crippen molar-refractivity contribution in [2.24, 2.45) is 0 Å². The van der Waals surface area contributed by atoms with E-state index in [0.717, 1.165) is 30.7 Å². The van der Waals surface area contributed by atoms with Crippen LogP contribution < -0.4 is 5.32 Å². The zero-order valence-electron chi connectivity index (χ0n) is 7.80. The van der Waals surface area contributed by atoms with Gasteiger partial charge in [0.15, 0.2) is 0 Å². The van der Waals surface area contributed by atoms with Crippen molar-refractivity contribution in [2.45, 2.75) is 31.2 Å². The molecule has 1 nitrogen and oxygen atoms in total. The Morgan fingerprint density at radius 2 is 2.43 bits per heavy atom. The molecule has 0 amide bonds. The standard InChI is InChI=1S/C10H13F2NS/c11-10(12,9-4-2-6-14-9)7-8-3-1-5-13-8/h2,4,6,8,13H,1,3,5,7H2. The Hall–Kier alpha value is -0.480. The monoisotopic (exact) mass is 217 g/mol. The lowest BCUT2D eigenvalue weighted by Crippen LogP contribution is -2.28. The Morgan fingerprint density at radius 1 is 1.57 bits per heavy atom. The zero-order chi connectivity index (χ0) is 10.0. The molecule has 1 aliphatic heterocycles. The molecule has 0 aliphatic carbocycles. The lowest BCUT2D eigenvalue weighted by molar-refractivity contribution is -0.0176. The maximum atomic E-state index is 13.6. The first-order valence-corrected chi connectivity index (χ1v) is 5.72. The first-order valence-electron chi connectivity index (χ1n) is 4.84. The van der Waals surface area contributed by atoms with Crippen LogP contribution in [0.5, 0.6) is 0 Å². The van der Waals surface area contributed by atoms with E-state index < -0.39 is 5.92 Å². The fourth-order valence-corrected chi connectivity index (χ4v) is 2.54. The van der Waals surface area contributed by atoms with E-state index >= 15 is 0 Å². The molecule has 14 heavy (non-hydrogen) atoms. The van der Waals surface area contributed by atoms with Crippen molar-refractivity contribution in [3.8, 4) is 0 Å². The predicted octanol–water partition coefficient (Wildman–Crippen LogP) is 2.98. The van der Waals surface area contributed by atoms with Crippen LogP contribution in [0.15, 0.2) is 17.5 Å². The number of hydrogen-bond donors (Lipinski definition) is 1. The van der Waals surface area contributed by atoms with Crippen molar-refractivity contribution in [3.05, 3.63) is 22.4 Å². The first-order chi connectivity index (χ1) is 6.68. The minimum absolute atomic E-state index is 0.00731. The third-order valence-corrected chi connectivity index (χ3v) is 3.53. The van der Waals surface area contributed by atoms with Crippen LogP contribution >= 0.6 is 11.3 Å². The van der Waals surface area contributed by atoms with Crippen molar-refractivity contribution in [3.63, 3.8) is 0 Å². The Labute approximate surface area is 86.1 Å². The second-order valence-electron chi connectivity index (χ2n) is 3.68. The predicted molar refractivity (Wildman–Crippen MR) is 53.9 cm³/mol. The Balaban J connectivity index is 2.01. The molecule has 1 aromatic heterocycles. The van der Waals surface area contributed by atoms with Crippen molar-refractivity contribution in [2.75, 3.05) is 6.54 Å². The van der Waals surface area contributed by atoms with E-state index in [1.54, 1.807) is 11.4 Å². The number of halogens is 2. The van der Waals surface area contributed by atoms with E-state index in [4.69, 9.17) is 0 Å². The lowest BCUT2D eigenvalue weighted by atomic mass is 10.1. The summed E-state index contributed by atoms with van der Waals surface area (Å²) in [6.45, 7) is 0.880. The molecule has 0 spiro atoms. The van der Waals surface area contributed by atoms with Gasteiger partial charge in [-0.3, -0.25) is 0 Å². The number of hydrogen-bond acceptors (Lipinski definition) is 2. The normalized spacial score (nSPS) is 22.9. The largest absolute Gasteiger partial charge is 0.314 e. The molecule has 1 saturated heterocycles. The Morgan fingerprint density at radius 3 is 3.00 bits per heavy atom. The van der Waals surface area contributed by atoms with Crippen LogP contribution in [0.4, 0.5) is 8.78 Å². The Bertz CT molecular complexity index is 278. The quantitative estimate of drug-likeness (QED) is 0.820. The molecule has 1 unspecified atom stereocenters. The fourth-order valence-electron chi connectivity index (χ4n) is 1.83. The highest BCUT2D eigenvalue weighted by Crippen LogP contribution is 2.36. The number of thiophene rings is 1. The maximum Gasteiger partial charge on any atom is 0.283 e. The van der Waals surface area contributed by atoms with Gasteiger partial charge in [0, 0.05) is 12.5 Å². The summed E-state index contributed by atoms with van der Waals surface area (Å²) in [6.07, 6.45) is 1.83. The average molecular weight is 217 g/mol. The third kappa shape index (κ3) is 2.12. The van der Waals surface area contributed by atoms with Crippen LogP contribution in [0.2, 0.25) is 0 Å². The molecule has 1 atom stereocenters. The van der Waals surface area contributed by atoms with Crippen molar-refractivity contribution in [1.82, 2.24) is 5.32 Å². The molecule has 0 saturated carbocycles. The highest BCUT2D eigenvalue weighted by atomic mass is 32.1. The van der Waals surface area contributed by atoms with E-state index in [-0.39, 0.29) is 17.3 Å². The number of alkyl halides is 2. The van der Waals surface area contributed by atoms with Crippen LogP contribution in [0.3, 0.4) is 0 Å². The minimum Gasteiger partial charge on any atom is -0.314 e. The summed E-state index contributed by atoms with van der Waals surface area (Å²) in [5, 5.41) is 4.80. The van der Waals surface area contributed by atoms with Crippen molar-refractivity contribution < 1.29 is 8.78 Å². The molecular weight excluding hydrogens is 204 g/mol. The first kappa shape index (κ1) is 10.1. The SMILES string of the molecule is FC(F)(CC1CCCN1)c1cccs1. The molecule has 78 valence electrons. The van der Waals surface area contributed by atoms with Crippen LogP contribution in [-0.4, -0.2) is 12.6 Å². The van der Waals surface area contributed by atoms with E-state index in [1.807, 2.05) is 0 Å². The van der Waals surface area contributed by atoms with Gasteiger partial charge in [0.25, 0.3) is 5.92 Å². The highest BCUT2D eigenvalue weighted by Gasteiger charge is 2.36. The lowest BCUT2D eigenvalue weighted by Gasteiger charge is -2.18. The van der Waals surface area contributed by atoms with Gasteiger partial charge in [-0.15, -0.1) is 11.3 Å². The van der Waals surface area contributed by atoms with Gasteiger partial charge >= 0.3 is 0 Å². The van der Waals surface area contributed by atoms with Crippen molar-refractivity contribution >= 4 is 11.3 Å². The molecule has 1 fully saturated rings. The van der Waals surface area contributed by atoms with Gasteiger partial charge in [-0.1, -0.05) is 6.07 Å². The minimum atomic E-state index is -2.66. The molecule has 1 aromatic rings. The molecule has 0 bridgehead atoms. The van der Waals surface area contributed by atoms with E-state index in [0.29, 0.717) is 0 Å². The van der Waals surface area contributed by atoms with Gasteiger partial charge in [-0.05, 0) is 30.8 Å². The maximum absolute atomic E-state index is 13.6. The van der Waals surface area contributed by atoms with Gasteiger partial charge in [-0.2, -0.15) is 0 Å². The van der Waals surface area contributed by atoms with Gasteiger partial charge in [-0.25, -0.2) is 8.78 Å². The highest BCUT2D eigenvalue weighted by molar-refractivity contribution is 7.10. The van der Waals surface area contributed by atoms with Gasteiger partial charge in [0.1, 0.15) is 0 Å². The molecular formula is C10H13F2NS. The third-order valence-electron chi connectivity index (χ3n) is 2.55. The summed E-state index contributed by atoms with van der Waals surface area (Å²) >= 11 is 1.14. The van der Waals surface area contributed by atoms with Crippen LogP contribution in [0.25, 0.3) is 0 Å². The summed E-state index contributed by atoms with van der Waals surface area (Å²) < 4.78 is 27.2. The summed E-state index contributed by atoms with van der Waals surface area (Å²) in [5.41, 5.74) is 0. The van der Waals surface area contributed by atoms with Crippen LogP contribution in [0.1, 0.15) is 24.1 Å². The molecule has 4 heteroatoms. The molecule has 0 aromatic carbocycles. The molecule has 1 N–H and O–H groups in total. The number of rotatable bonds is 3. The van der Waals surface area contributed by atoms with Crippen LogP contribution in [0, 0.1) is 0 Å². The fraction of sp³-hybridized carbons (Fsp3) is 0.600. The van der Waals surface area contributed by atoms with Gasteiger partial charge in [0.2, 0.25) is 0 Å². The zero-order valence-corrected chi connectivity index (χ0v) is 8.62. The topological polar surface area (TPSA) is 12.0 Å². The average Bonchev–Trinajstić information content (AvgIpc) is 2.71. The second-order valence-corrected chi connectivity index (χ2v) is 4.63. The van der Waals surface area contributed by atoms with Gasteiger partial charge in [0.05, 0.1) is 4.88 Å². The smallest absolute Gasteiger partial charge is 0.283 e. The summed E-state index contributed by atoms with van der Waals surface area (Å²) in [7, 11) is 0. The summed E-state index contributed by atoms with van der Waals surface area (Å²) in [5.74, 6) is -2.66. The van der Waals surface area contributed by atoms with Crippen molar-refractivity contribution in [1.29, 1.82) is 0 Å². The Kier molecular flexibility index (Phi) is 2.83. The molecule has 2 rings (SSSR count). The number of nitrogens with one attached hydrogen (secondary N) is 1. The molecule has 2 heterocycles. The summed E-state index contributed by atoms with van der Waals surface area (Å²) in [6, 6.07) is 3.18. The van der Waals surface area contributed by atoms with Gasteiger partial charge < -0.3 is 5.32 Å². The van der Waals surface area contributed by atoms with E-state index in [9.17, 15) is 8.78 Å². The van der Waals surface area contributed by atoms with E-state index in [1.165, 1.54) is 6.07 Å². The van der Waals surface area contributed by atoms with Crippen LogP contribution in [-0.2, 0) is 5.92 Å². The molecule has 0 radical (unpaired) electrons. The molecule has 1 aliphatic rings. The van der Waals surface area contributed by atoms with E-state index in [2.05, 4.69) is 5.32 Å². The summed E-state index contributed by atoms with van der Waals surface area (Å²) in [4.78, 5) is 0.186. The second kappa shape index (κ2) is 3.95.